The standard InChI is InChI=1S/C18H19ClFN7/c1-9(11-4-5-13(20)12(19)6-11)22-15-8-16(25-18(21)24-15)23-17-7-14(26-27-17)10-2-3-10/h4-10H,2-3H2,1H3,(H5,21,22,23,24,25,26,27). The summed E-state index contributed by atoms with van der Waals surface area (Å²) in [6.07, 6.45) is 2.39. The number of H-pyrrole nitrogens is 1. The first kappa shape index (κ1) is 17.5. The van der Waals surface area contributed by atoms with Gasteiger partial charge in [0.05, 0.1) is 5.02 Å². The molecule has 1 aliphatic carbocycles. The lowest BCUT2D eigenvalue weighted by atomic mass is 10.1. The van der Waals surface area contributed by atoms with Crippen molar-refractivity contribution >= 4 is 35.0 Å². The predicted octanol–water partition coefficient (Wildman–Crippen LogP) is 4.37. The third kappa shape index (κ3) is 4.11. The molecule has 1 aromatic carbocycles. The van der Waals surface area contributed by atoms with Crippen LogP contribution < -0.4 is 16.4 Å². The molecule has 1 unspecified atom stereocenters. The Bertz CT molecular complexity index is 970. The van der Waals surface area contributed by atoms with Gasteiger partial charge >= 0.3 is 0 Å². The van der Waals surface area contributed by atoms with Crippen molar-refractivity contribution in [3.8, 4) is 0 Å². The van der Waals surface area contributed by atoms with Gasteiger partial charge in [0.25, 0.3) is 0 Å². The molecule has 1 atom stereocenters. The van der Waals surface area contributed by atoms with Crippen molar-refractivity contribution in [2.24, 2.45) is 0 Å². The summed E-state index contributed by atoms with van der Waals surface area (Å²) in [7, 11) is 0. The zero-order valence-corrected chi connectivity index (χ0v) is 15.4. The number of aromatic amines is 1. The van der Waals surface area contributed by atoms with Crippen LogP contribution in [0.2, 0.25) is 5.02 Å². The molecule has 0 bridgehead atoms. The van der Waals surface area contributed by atoms with Gasteiger partial charge in [-0.15, -0.1) is 0 Å². The number of hydrogen-bond donors (Lipinski definition) is 4. The van der Waals surface area contributed by atoms with E-state index in [1.807, 2.05) is 13.0 Å². The highest BCUT2D eigenvalue weighted by Gasteiger charge is 2.25. The highest BCUT2D eigenvalue weighted by Crippen LogP contribution is 2.39. The first-order valence-electron chi connectivity index (χ1n) is 8.66. The molecule has 0 aliphatic heterocycles. The smallest absolute Gasteiger partial charge is 0.223 e. The van der Waals surface area contributed by atoms with Crippen LogP contribution in [0.15, 0.2) is 30.3 Å². The van der Waals surface area contributed by atoms with E-state index < -0.39 is 5.82 Å². The third-order valence-electron chi connectivity index (χ3n) is 4.42. The Morgan fingerprint density at radius 1 is 1.19 bits per heavy atom. The van der Waals surface area contributed by atoms with Crippen molar-refractivity contribution in [3.05, 3.63) is 52.4 Å². The van der Waals surface area contributed by atoms with E-state index in [2.05, 4.69) is 30.8 Å². The van der Waals surface area contributed by atoms with Gasteiger partial charge in [0.15, 0.2) is 5.82 Å². The second-order valence-corrected chi connectivity index (χ2v) is 7.05. The van der Waals surface area contributed by atoms with Gasteiger partial charge in [0.2, 0.25) is 5.95 Å². The van der Waals surface area contributed by atoms with Crippen LogP contribution in [0.3, 0.4) is 0 Å². The minimum atomic E-state index is -0.449. The van der Waals surface area contributed by atoms with Crippen LogP contribution in [0.25, 0.3) is 0 Å². The summed E-state index contributed by atoms with van der Waals surface area (Å²) < 4.78 is 13.4. The monoisotopic (exact) mass is 387 g/mol. The number of nitrogen functional groups attached to an aromatic ring is 1. The molecule has 0 spiro atoms. The number of nitrogens with zero attached hydrogens (tertiary/aromatic N) is 3. The van der Waals surface area contributed by atoms with Crippen LogP contribution in [0.5, 0.6) is 0 Å². The summed E-state index contributed by atoms with van der Waals surface area (Å²) >= 11 is 5.86. The summed E-state index contributed by atoms with van der Waals surface area (Å²) in [5.74, 6) is 2.02. The number of hydrogen-bond acceptors (Lipinski definition) is 6. The molecule has 7 nitrogen and oxygen atoms in total. The molecule has 5 N–H and O–H groups in total. The van der Waals surface area contributed by atoms with Gasteiger partial charge in [-0.25, -0.2) is 4.39 Å². The van der Waals surface area contributed by atoms with E-state index in [1.54, 1.807) is 18.2 Å². The van der Waals surface area contributed by atoms with Crippen molar-refractivity contribution in [2.45, 2.75) is 31.7 Å². The Hall–Kier alpha value is -2.87. The van der Waals surface area contributed by atoms with Crippen LogP contribution in [0, 0.1) is 5.82 Å². The summed E-state index contributed by atoms with van der Waals surface area (Å²) in [6.45, 7) is 1.92. The molecule has 3 aromatic rings. The Labute approximate surface area is 160 Å². The molecule has 0 radical (unpaired) electrons. The zero-order valence-electron chi connectivity index (χ0n) is 14.6. The summed E-state index contributed by atoms with van der Waals surface area (Å²) in [4.78, 5) is 8.40. The van der Waals surface area contributed by atoms with Crippen molar-refractivity contribution in [1.82, 2.24) is 20.2 Å². The van der Waals surface area contributed by atoms with E-state index in [0.29, 0.717) is 23.4 Å². The van der Waals surface area contributed by atoms with Crippen molar-refractivity contribution < 1.29 is 4.39 Å². The largest absolute Gasteiger partial charge is 0.368 e. The van der Waals surface area contributed by atoms with Crippen LogP contribution >= 0.6 is 11.6 Å². The van der Waals surface area contributed by atoms with Crippen LogP contribution in [-0.2, 0) is 0 Å². The SMILES string of the molecule is CC(Nc1cc(Nc2cc(C3CC3)[nH]n2)nc(N)n1)c1ccc(F)c(Cl)c1. The normalized spacial score (nSPS) is 14.8. The lowest BCUT2D eigenvalue weighted by Gasteiger charge is -2.16. The average Bonchev–Trinajstić information content (AvgIpc) is 3.36. The molecule has 0 amide bonds. The second-order valence-electron chi connectivity index (χ2n) is 6.64. The second kappa shape index (κ2) is 7.03. The maximum Gasteiger partial charge on any atom is 0.223 e. The number of nitrogens with two attached hydrogens (primary N) is 1. The molecular formula is C18H19ClFN7. The summed E-state index contributed by atoms with van der Waals surface area (Å²) in [5, 5.41) is 13.7. The van der Waals surface area contributed by atoms with E-state index in [1.165, 1.54) is 18.9 Å². The zero-order chi connectivity index (χ0) is 19.0. The Kier molecular flexibility index (Phi) is 4.57. The maximum atomic E-state index is 13.4. The van der Waals surface area contributed by atoms with E-state index >= 15 is 0 Å². The molecule has 9 heteroatoms. The maximum absolute atomic E-state index is 13.4. The summed E-state index contributed by atoms with van der Waals surface area (Å²) in [6, 6.07) is 8.16. The lowest BCUT2D eigenvalue weighted by molar-refractivity contribution is 0.627. The van der Waals surface area contributed by atoms with Gasteiger partial charge in [-0.2, -0.15) is 15.1 Å². The average molecular weight is 388 g/mol. The number of halogens is 2. The van der Waals surface area contributed by atoms with Crippen molar-refractivity contribution in [1.29, 1.82) is 0 Å². The molecule has 2 aromatic heterocycles. The van der Waals surface area contributed by atoms with Crippen LogP contribution in [0.4, 0.5) is 27.8 Å². The minimum absolute atomic E-state index is 0.0794. The topological polar surface area (TPSA) is 105 Å². The lowest BCUT2D eigenvalue weighted by Crippen LogP contribution is -2.10. The molecular weight excluding hydrogens is 369 g/mol. The quantitative estimate of drug-likeness (QED) is 0.500. The number of benzene rings is 1. The molecule has 4 rings (SSSR count). The highest BCUT2D eigenvalue weighted by molar-refractivity contribution is 6.30. The number of rotatable bonds is 6. The molecule has 2 heterocycles. The minimum Gasteiger partial charge on any atom is -0.368 e. The number of anilines is 4. The van der Waals surface area contributed by atoms with E-state index in [0.717, 1.165) is 11.3 Å². The molecule has 1 aliphatic rings. The fourth-order valence-corrected chi connectivity index (χ4v) is 3.02. The van der Waals surface area contributed by atoms with E-state index in [9.17, 15) is 4.39 Å². The van der Waals surface area contributed by atoms with Gasteiger partial charge in [0.1, 0.15) is 17.5 Å². The Morgan fingerprint density at radius 2 is 1.96 bits per heavy atom. The van der Waals surface area contributed by atoms with Crippen molar-refractivity contribution in [3.63, 3.8) is 0 Å². The van der Waals surface area contributed by atoms with E-state index in [-0.39, 0.29) is 17.0 Å². The predicted molar refractivity (Wildman–Crippen MR) is 104 cm³/mol. The number of aromatic nitrogens is 4. The molecule has 1 fully saturated rings. The number of nitrogens with one attached hydrogen (secondary N) is 3. The van der Waals surface area contributed by atoms with Gasteiger partial charge in [0, 0.05) is 29.8 Å². The molecule has 27 heavy (non-hydrogen) atoms. The first-order valence-corrected chi connectivity index (χ1v) is 9.04. The van der Waals surface area contributed by atoms with Gasteiger partial charge in [-0.3, -0.25) is 5.10 Å². The van der Waals surface area contributed by atoms with Crippen LogP contribution in [0.1, 0.15) is 43.0 Å². The first-order chi connectivity index (χ1) is 13.0. The van der Waals surface area contributed by atoms with Gasteiger partial charge in [-0.05, 0) is 37.5 Å². The molecule has 0 saturated heterocycles. The third-order valence-corrected chi connectivity index (χ3v) is 4.71. The highest BCUT2D eigenvalue weighted by atomic mass is 35.5. The fourth-order valence-electron chi connectivity index (χ4n) is 2.83. The van der Waals surface area contributed by atoms with Crippen molar-refractivity contribution in [2.75, 3.05) is 16.4 Å². The van der Waals surface area contributed by atoms with Gasteiger partial charge in [-0.1, -0.05) is 17.7 Å². The molecule has 140 valence electrons. The summed E-state index contributed by atoms with van der Waals surface area (Å²) in [5.41, 5.74) is 7.79. The fraction of sp³-hybridized carbons (Fsp3) is 0.278. The Balaban J connectivity index is 1.49. The van der Waals surface area contributed by atoms with E-state index in [4.69, 9.17) is 17.3 Å². The van der Waals surface area contributed by atoms with Gasteiger partial charge < -0.3 is 16.4 Å². The Morgan fingerprint density at radius 3 is 2.70 bits per heavy atom. The van der Waals surface area contributed by atoms with Crippen LogP contribution in [-0.4, -0.2) is 20.2 Å². The molecule has 1 saturated carbocycles.